The van der Waals surface area contributed by atoms with Crippen molar-refractivity contribution in [2.75, 3.05) is 6.54 Å². The number of pyridine rings is 1. The van der Waals surface area contributed by atoms with E-state index < -0.39 is 0 Å². The summed E-state index contributed by atoms with van der Waals surface area (Å²) in [7, 11) is 0. The molecule has 0 aliphatic carbocycles. The molecule has 0 amide bonds. The smallest absolute Gasteiger partial charge is 0.126 e. The Labute approximate surface area is 74.4 Å². The molecule has 1 rings (SSSR count). The first-order valence-electron chi connectivity index (χ1n) is 3.62. The molecule has 0 aliphatic heterocycles. The van der Waals surface area contributed by atoms with E-state index in [0.29, 0.717) is 5.69 Å². The molecule has 0 aromatic carbocycles. The molecule has 1 aromatic rings. The van der Waals surface area contributed by atoms with Gasteiger partial charge in [0.05, 0.1) is 5.69 Å². The van der Waals surface area contributed by atoms with Crippen LogP contribution in [-0.4, -0.2) is 11.5 Å². The Morgan fingerprint density at radius 1 is 1.69 bits per heavy atom. The van der Waals surface area contributed by atoms with E-state index in [9.17, 15) is 4.39 Å². The normalized spacial score (nSPS) is 9.92. The fourth-order valence-electron chi connectivity index (χ4n) is 0.769. The van der Waals surface area contributed by atoms with E-state index in [4.69, 9.17) is 5.53 Å². The third kappa shape index (κ3) is 3.35. The quantitative estimate of drug-likeness (QED) is 0.398. The zero-order valence-electron chi connectivity index (χ0n) is 6.76. The molecule has 0 saturated heterocycles. The number of rotatable bonds is 3. The van der Waals surface area contributed by atoms with Crippen molar-refractivity contribution in [3.63, 3.8) is 0 Å². The van der Waals surface area contributed by atoms with E-state index in [1.807, 2.05) is 0 Å². The van der Waals surface area contributed by atoms with E-state index >= 15 is 0 Å². The van der Waals surface area contributed by atoms with Crippen molar-refractivity contribution >= 4 is 6.08 Å². The molecule has 0 saturated carbocycles. The Morgan fingerprint density at radius 2 is 2.54 bits per heavy atom. The van der Waals surface area contributed by atoms with Crippen LogP contribution in [0.4, 0.5) is 4.39 Å². The summed E-state index contributed by atoms with van der Waals surface area (Å²) >= 11 is 0. The fraction of sp³-hybridized carbons (Fsp3) is 0.125. The molecule has 0 atom stereocenters. The second kappa shape index (κ2) is 4.90. The first kappa shape index (κ1) is 9.22. The Morgan fingerprint density at radius 3 is 3.23 bits per heavy atom. The van der Waals surface area contributed by atoms with Crippen LogP contribution >= 0.6 is 0 Å². The van der Waals surface area contributed by atoms with Crippen molar-refractivity contribution in [2.24, 2.45) is 5.11 Å². The Kier molecular flexibility index (Phi) is 3.47. The largest absolute Gasteiger partial charge is 0.257 e. The maximum absolute atomic E-state index is 12.6. The summed E-state index contributed by atoms with van der Waals surface area (Å²) in [6.45, 7) is 0.245. The Bertz CT molecular complexity index is 355. The first-order valence-corrected chi connectivity index (χ1v) is 3.62. The number of hydrogen-bond acceptors (Lipinski definition) is 2. The molecule has 0 aliphatic rings. The molecule has 1 aromatic heterocycles. The summed E-state index contributed by atoms with van der Waals surface area (Å²) in [4.78, 5) is 6.44. The van der Waals surface area contributed by atoms with Gasteiger partial charge in [0, 0.05) is 17.7 Å². The molecule has 0 unspecified atom stereocenters. The van der Waals surface area contributed by atoms with E-state index in [1.54, 1.807) is 12.2 Å². The van der Waals surface area contributed by atoms with Crippen LogP contribution in [0.1, 0.15) is 5.69 Å². The molecular formula is C8H7FN4. The van der Waals surface area contributed by atoms with Crippen LogP contribution in [0, 0.1) is 5.82 Å². The van der Waals surface area contributed by atoms with Gasteiger partial charge in [-0.15, -0.1) is 0 Å². The van der Waals surface area contributed by atoms with Gasteiger partial charge in [0.25, 0.3) is 0 Å². The van der Waals surface area contributed by atoms with Crippen molar-refractivity contribution in [1.29, 1.82) is 0 Å². The molecule has 0 fully saturated rings. The van der Waals surface area contributed by atoms with Gasteiger partial charge in [-0.05, 0) is 23.7 Å². The topological polar surface area (TPSA) is 61.7 Å². The third-order valence-electron chi connectivity index (χ3n) is 1.28. The van der Waals surface area contributed by atoms with Crippen LogP contribution in [-0.2, 0) is 0 Å². The summed E-state index contributed by atoms with van der Waals surface area (Å²) in [5, 5.41) is 3.28. The molecule has 0 radical (unpaired) electrons. The first-order chi connectivity index (χ1) is 6.33. The van der Waals surface area contributed by atoms with Gasteiger partial charge in [0.2, 0.25) is 0 Å². The zero-order chi connectivity index (χ0) is 9.52. The van der Waals surface area contributed by atoms with Crippen LogP contribution in [0.25, 0.3) is 16.5 Å². The lowest BCUT2D eigenvalue weighted by atomic mass is 10.3. The highest BCUT2D eigenvalue weighted by Crippen LogP contribution is 2.01. The molecule has 13 heavy (non-hydrogen) atoms. The summed E-state index contributed by atoms with van der Waals surface area (Å²) in [5.74, 6) is -0.335. The number of halogens is 1. The lowest BCUT2D eigenvalue weighted by molar-refractivity contribution is 0.625. The van der Waals surface area contributed by atoms with Gasteiger partial charge in [-0.1, -0.05) is 11.2 Å². The standard InChI is InChI=1S/C8H7FN4/c9-7-3-5-11-8(6-7)2-1-4-12-13-10/h1-3,5-6H,4H2. The lowest BCUT2D eigenvalue weighted by Gasteiger charge is -1.90. The molecule has 0 N–H and O–H groups in total. The monoisotopic (exact) mass is 178 g/mol. The van der Waals surface area contributed by atoms with Crippen LogP contribution in [0.5, 0.6) is 0 Å². The zero-order valence-corrected chi connectivity index (χ0v) is 6.76. The van der Waals surface area contributed by atoms with Crippen LogP contribution in [0.2, 0.25) is 0 Å². The van der Waals surface area contributed by atoms with Crippen LogP contribution < -0.4 is 0 Å². The number of aromatic nitrogens is 1. The van der Waals surface area contributed by atoms with Crippen molar-refractivity contribution < 1.29 is 4.39 Å². The maximum Gasteiger partial charge on any atom is 0.126 e. The van der Waals surface area contributed by atoms with E-state index in [2.05, 4.69) is 15.0 Å². The SMILES string of the molecule is [N-]=[N+]=NCC=Cc1cc(F)ccn1. The maximum atomic E-state index is 12.6. The second-order valence-electron chi connectivity index (χ2n) is 2.21. The van der Waals surface area contributed by atoms with Gasteiger partial charge >= 0.3 is 0 Å². The number of azide groups is 1. The molecule has 0 spiro atoms. The Balaban J connectivity index is 2.63. The highest BCUT2D eigenvalue weighted by molar-refractivity contribution is 5.44. The van der Waals surface area contributed by atoms with Crippen molar-refractivity contribution in [2.45, 2.75) is 0 Å². The van der Waals surface area contributed by atoms with Gasteiger partial charge < -0.3 is 0 Å². The second-order valence-corrected chi connectivity index (χ2v) is 2.21. The van der Waals surface area contributed by atoms with Gasteiger partial charge in [-0.2, -0.15) is 0 Å². The van der Waals surface area contributed by atoms with Crippen molar-refractivity contribution in [1.82, 2.24) is 4.98 Å². The van der Waals surface area contributed by atoms with E-state index in [1.165, 1.54) is 18.3 Å². The number of hydrogen-bond donors (Lipinski definition) is 0. The minimum Gasteiger partial charge on any atom is -0.257 e. The van der Waals surface area contributed by atoms with Gasteiger partial charge in [-0.25, -0.2) is 4.39 Å². The summed E-state index contributed by atoms with van der Waals surface area (Å²) < 4.78 is 12.6. The van der Waals surface area contributed by atoms with Gasteiger partial charge in [0.15, 0.2) is 0 Å². The molecule has 0 bridgehead atoms. The number of nitrogens with zero attached hydrogens (tertiary/aromatic N) is 4. The van der Waals surface area contributed by atoms with Crippen LogP contribution in [0.15, 0.2) is 29.5 Å². The van der Waals surface area contributed by atoms with Gasteiger partial charge in [-0.3, -0.25) is 4.98 Å². The molecule has 4 nitrogen and oxygen atoms in total. The summed E-state index contributed by atoms with van der Waals surface area (Å²) in [6.07, 6.45) is 4.59. The summed E-state index contributed by atoms with van der Waals surface area (Å²) in [5.41, 5.74) is 8.46. The minimum absolute atomic E-state index is 0.245. The fourth-order valence-corrected chi connectivity index (χ4v) is 0.769. The summed E-state index contributed by atoms with van der Waals surface area (Å²) in [6, 6.07) is 2.57. The minimum atomic E-state index is -0.335. The molecule has 66 valence electrons. The highest BCUT2D eigenvalue weighted by atomic mass is 19.1. The van der Waals surface area contributed by atoms with Crippen molar-refractivity contribution in [3.8, 4) is 0 Å². The van der Waals surface area contributed by atoms with Crippen LogP contribution in [0.3, 0.4) is 0 Å². The van der Waals surface area contributed by atoms with E-state index in [0.717, 1.165) is 0 Å². The average molecular weight is 178 g/mol. The Hall–Kier alpha value is -1.87. The molecule has 5 heteroatoms. The molecular weight excluding hydrogens is 171 g/mol. The molecule has 1 heterocycles. The predicted octanol–water partition coefficient (Wildman–Crippen LogP) is 2.54. The average Bonchev–Trinajstić information content (AvgIpc) is 2.13. The van der Waals surface area contributed by atoms with E-state index in [-0.39, 0.29) is 12.4 Å². The lowest BCUT2D eigenvalue weighted by Crippen LogP contribution is -1.81. The van der Waals surface area contributed by atoms with Gasteiger partial charge in [0.1, 0.15) is 5.82 Å². The highest BCUT2D eigenvalue weighted by Gasteiger charge is 1.90. The third-order valence-corrected chi connectivity index (χ3v) is 1.28. The predicted molar refractivity (Wildman–Crippen MR) is 47.2 cm³/mol. The van der Waals surface area contributed by atoms with Crippen molar-refractivity contribution in [3.05, 3.63) is 46.4 Å².